The van der Waals surface area contributed by atoms with Crippen molar-refractivity contribution in [3.05, 3.63) is 5.01 Å². The summed E-state index contributed by atoms with van der Waals surface area (Å²) in [7, 11) is 0. The Hall–Kier alpha value is -1.21. The van der Waals surface area contributed by atoms with Crippen LogP contribution in [0.1, 0.15) is 42.4 Å². The van der Waals surface area contributed by atoms with Crippen LogP contribution in [-0.4, -0.2) is 40.7 Å². The van der Waals surface area contributed by atoms with Gasteiger partial charge in [0.1, 0.15) is 0 Å². The maximum absolute atomic E-state index is 11.9. The van der Waals surface area contributed by atoms with Crippen LogP contribution in [0.5, 0.6) is 0 Å². The van der Waals surface area contributed by atoms with Crippen LogP contribution >= 0.6 is 11.3 Å². The normalized spacial score (nSPS) is 16.5. The maximum atomic E-state index is 11.9. The van der Waals surface area contributed by atoms with Crippen molar-refractivity contribution < 1.29 is 4.79 Å². The number of hydrogen-bond acceptors (Lipinski definition) is 6. The zero-order valence-electron chi connectivity index (χ0n) is 10.6. The third-order valence-corrected chi connectivity index (χ3v) is 3.64. The Morgan fingerprint density at radius 3 is 2.83 bits per heavy atom. The van der Waals surface area contributed by atoms with Crippen molar-refractivity contribution in [1.29, 1.82) is 0 Å². The van der Waals surface area contributed by atoms with E-state index < -0.39 is 0 Å². The topological polar surface area (TPSA) is 70.1 Å². The predicted molar refractivity (Wildman–Crippen MR) is 71.6 cm³/mol. The smallest absolute Gasteiger partial charge is 0.296 e. The molecular weight excluding hydrogens is 250 g/mol. The van der Waals surface area contributed by atoms with E-state index in [4.69, 9.17) is 0 Å². The summed E-state index contributed by atoms with van der Waals surface area (Å²) >= 11 is 1.30. The molecule has 2 rings (SSSR count). The quantitative estimate of drug-likeness (QED) is 0.847. The molecule has 1 aromatic heterocycles. The van der Waals surface area contributed by atoms with E-state index in [1.807, 2.05) is 5.01 Å². The van der Waals surface area contributed by atoms with Gasteiger partial charge in [0.2, 0.25) is 10.1 Å². The zero-order chi connectivity index (χ0) is 12.8. The predicted octanol–water partition coefficient (Wildman–Crippen LogP) is 1.49. The van der Waals surface area contributed by atoms with Crippen LogP contribution in [0.25, 0.3) is 0 Å². The summed E-state index contributed by atoms with van der Waals surface area (Å²) < 4.78 is 0. The molecule has 1 aromatic rings. The van der Waals surface area contributed by atoms with Gasteiger partial charge >= 0.3 is 0 Å². The van der Waals surface area contributed by atoms with Gasteiger partial charge in [-0.3, -0.25) is 10.2 Å². The Balaban J connectivity index is 1.85. The summed E-state index contributed by atoms with van der Waals surface area (Å²) in [5.41, 5.74) is 2.88. The summed E-state index contributed by atoms with van der Waals surface area (Å²) in [6.07, 6.45) is 4.55. The second-order valence-electron chi connectivity index (χ2n) is 4.33. The number of hydrogen-bond donors (Lipinski definition) is 2. The number of anilines is 1. The molecule has 2 heterocycles. The van der Waals surface area contributed by atoms with Crippen molar-refractivity contribution in [2.24, 2.45) is 0 Å². The molecule has 0 aromatic carbocycles. The van der Waals surface area contributed by atoms with Gasteiger partial charge in [-0.15, -0.1) is 10.2 Å². The minimum Gasteiger partial charge on any atom is -0.360 e. The van der Waals surface area contributed by atoms with Crippen molar-refractivity contribution in [2.75, 3.05) is 25.0 Å². The Kier molecular flexibility index (Phi) is 4.89. The summed E-state index contributed by atoms with van der Waals surface area (Å²) in [6.45, 7) is 4.78. The molecule has 2 N–H and O–H groups in total. The van der Waals surface area contributed by atoms with E-state index in [0.717, 1.165) is 38.9 Å². The number of hydrazine groups is 1. The minimum absolute atomic E-state index is 0.154. The average Bonchev–Trinajstić information content (AvgIpc) is 2.86. The number of carbonyl (C=O) groups is 1. The molecule has 1 aliphatic heterocycles. The van der Waals surface area contributed by atoms with Crippen LogP contribution in [0.15, 0.2) is 0 Å². The zero-order valence-corrected chi connectivity index (χ0v) is 11.4. The van der Waals surface area contributed by atoms with Gasteiger partial charge in [-0.2, -0.15) is 0 Å². The van der Waals surface area contributed by atoms with E-state index in [0.29, 0.717) is 10.1 Å². The molecule has 6 nitrogen and oxygen atoms in total. The number of nitrogens with zero attached hydrogens (tertiary/aromatic N) is 3. The second kappa shape index (κ2) is 6.65. The SMILES string of the molecule is CCCNc1nnc(C(=O)NN2CCCCC2)s1. The Labute approximate surface area is 111 Å². The molecule has 0 aliphatic carbocycles. The Morgan fingerprint density at radius 2 is 2.11 bits per heavy atom. The van der Waals surface area contributed by atoms with Gasteiger partial charge in [0.05, 0.1) is 0 Å². The van der Waals surface area contributed by atoms with Crippen molar-refractivity contribution >= 4 is 22.4 Å². The van der Waals surface area contributed by atoms with Crippen LogP contribution < -0.4 is 10.7 Å². The maximum Gasteiger partial charge on any atom is 0.296 e. The average molecular weight is 269 g/mol. The summed E-state index contributed by atoms with van der Waals surface area (Å²) in [5.74, 6) is -0.154. The van der Waals surface area contributed by atoms with Gasteiger partial charge in [-0.1, -0.05) is 24.7 Å². The number of rotatable bonds is 5. The number of nitrogens with one attached hydrogen (secondary N) is 2. The molecule has 1 fully saturated rings. The summed E-state index contributed by atoms with van der Waals surface area (Å²) in [5, 5.41) is 14.1. The molecule has 100 valence electrons. The number of piperidine rings is 1. The van der Waals surface area contributed by atoms with E-state index in [1.165, 1.54) is 17.8 Å². The molecule has 0 unspecified atom stereocenters. The van der Waals surface area contributed by atoms with Crippen molar-refractivity contribution in [2.45, 2.75) is 32.6 Å². The first-order valence-corrected chi connectivity index (χ1v) is 7.24. The summed E-state index contributed by atoms with van der Waals surface area (Å²) in [4.78, 5) is 11.9. The van der Waals surface area contributed by atoms with Crippen LogP contribution in [0.2, 0.25) is 0 Å². The van der Waals surface area contributed by atoms with E-state index in [9.17, 15) is 4.79 Å². The van der Waals surface area contributed by atoms with E-state index in [-0.39, 0.29) is 5.91 Å². The van der Waals surface area contributed by atoms with Gasteiger partial charge in [0.15, 0.2) is 0 Å². The third-order valence-electron chi connectivity index (χ3n) is 2.76. The molecule has 1 aliphatic rings. The fourth-order valence-electron chi connectivity index (χ4n) is 1.82. The lowest BCUT2D eigenvalue weighted by atomic mass is 10.2. The molecule has 0 atom stereocenters. The molecule has 0 radical (unpaired) electrons. The van der Waals surface area contributed by atoms with Crippen LogP contribution in [0.3, 0.4) is 0 Å². The highest BCUT2D eigenvalue weighted by Gasteiger charge is 2.17. The van der Waals surface area contributed by atoms with E-state index >= 15 is 0 Å². The highest BCUT2D eigenvalue weighted by atomic mass is 32.1. The fraction of sp³-hybridized carbons (Fsp3) is 0.727. The lowest BCUT2D eigenvalue weighted by molar-refractivity contribution is 0.0749. The largest absolute Gasteiger partial charge is 0.360 e. The number of aromatic nitrogens is 2. The highest BCUT2D eigenvalue weighted by Crippen LogP contribution is 2.15. The molecule has 18 heavy (non-hydrogen) atoms. The minimum atomic E-state index is -0.154. The molecule has 0 bridgehead atoms. The fourth-order valence-corrected chi connectivity index (χ4v) is 2.47. The van der Waals surface area contributed by atoms with Crippen LogP contribution in [0, 0.1) is 0 Å². The van der Waals surface area contributed by atoms with E-state index in [2.05, 4.69) is 27.9 Å². The monoisotopic (exact) mass is 269 g/mol. The Morgan fingerprint density at radius 1 is 1.33 bits per heavy atom. The highest BCUT2D eigenvalue weighted by molar-refractivity contribution is 7.17. The van der Waals surface area contributed by atoms with Crippen LogP contribution in [-0.2, 0) is 0 Å². The molecule has 0 saturated carbocycles. The number of amides is 1. The van der Waals surface area contributed by atoms with E-state index in [1.54, 1.807) is 0 Å². The first-order valence-electron chi connectivity index (χ1n) is 6.43. The lowest BCUT2D eigenvalue weighted by Gasteiger charge is -2.26. The van der Waals surface area contributed by atoms with Gasteiger partial charge in [-0.05, 0) is 19.3 Å². The molecular formula is C11H19N5OS. The van der Waals surface area contributed by atoms with Crippen molar-refractivity contribution in [3.8, 4) is 0 Å². The molecule has 1 amide bonds. The second-order valence-corrected chi connectivity index (χ2v) is 5.31. The summed E-state index contributed by atoms with van der Waals surface area (Å²) in [6, 6.07) is 0. The van der Waals surface area contributed by atoms with Gasteiger partial charge in [0, 0.05) is 19.6 Å². The number of carbonyl (C=O) groups excluding carboxylic acids is 1. The lowest BCUT2D eigenvalue weighted by Crippen LogP contribution is -2.45. The molecule has 0 spiro atoms. The molecule has 7 heteroatoms. The van der Waals surface area contributed by atoms with Crippen LogP contribution in [0.4, 0.5) is 5.13 Å². The first-order chi connectivity index (χ1) is 8.79. The standard InChI is InChI=1S/C11H19N5OS/c1-2-6-12-11-14-13-10(18-11)9(17)15-16-7-4-3-5-8-16/h2-8H2,1H3,(H,12,14)(H,15,17). The van der Waals surface area contributed by atoms with Gasteiger partial charge in [-0.25, -0.2) is 5.01 Å². The first kappa shape index (κ1) is 13.2. The third kappa shape index (κ3) is 3.64. The Bertz CT molecular complexity index is 389. The molecule has 1 saturated heterocycles. The van der Waals surface area contributed by atoms with Gasteiger partial charge < -0.3 is 5.32 Å². The van der Waals surface area contributed by atoms with Crippen molar-refractivity contribution in [1.82, 2.24) is 20.6 Å². The van der Waals surface area contributed by atoms with Gasteiger partial charge in [0.25, 0.3) is 5.91 Å². The van der Waals surface area contributed by atoms with Crippen molar-refractivity contribution in [3.63, 3.8) is 0 Å².